The van der Waals surface area contributed by atoms with Gasteiger partial charge in [0.25, 0.3) is 0 Å². The minimum absolute atomic E-state index is 0.00691. The summed E-state index contributed by atoms with van der Waals surface area (Å²) in [6.07, 6.45) is -8.35. The highest BCUT2D eigenvalue weighted by Gasteiger charge is 2.74. The molecule has 0 aliphatic heterocycles. The molecule has 1 aromatic carbocycles. The Bertz CT molecular complexity index is 631. The molecule has 2 nitrogen and oxygen atoms in total. The SMILES string of the molecule is O=C(Oc1ccc(F)cc1)C1CCC(C(F)(F)C(F)(F)C(F)(F)F)CC1. The van der Waals surface area contributed by atoms with Crippen LogP contribution in [0.4, 0.5) is 35.1 Å². The summed E-state index contributed by atoms with van der Waals surface area (Å²) in [5.74, 6) is -15.9. The van der Waals surface area contributed by atoms with Crippen LogP contribution in [0.5, 0.6) is 5.75 Å². The molecule has 1 aromatic rings. The van der Waals surface area contributed by atoms with Crippen molar-refractivity contribution in [3.8, 4) is 5.75 Å². The lowest BCUT2D eigenvalue weighted by Gasteiger charge is -2.37. The predicted molar refractivity (Wildman–Crippen MR) is 73.4 cm³/mol. The fourth-order valence-electron chi connectivity index (χ4n) is 2.84. The Labute approximate surface area is 143 Å². The van der Waals surface area contributed by atoms with Gasteiger partial charge in [-0.3, -0.25) is 4.79 Å². The molecule has 1 saturated carbocycles. The number of benzene rings is 1. The number of alkyl halides is 7. The topological polar surface area (TPSA) is 26.3 Å². The first-order valence-electron chi connectivity index (χ1n) is 7.66. The van der Waals surface area contributed by atoms with E-state index in [1.807, 2.05) is 0 Å². The Morgan fingerprint density at radius 2 is 1.38 bits per heavy atom. The van der Waals surface area contributed by atoms with Gasteiger partial charge in [0, 0.05) is 5.92 Å². The Morgan fingerprint density at radius 3 is 1.85 bits per heavy atom. The Balaban J connectivity index is 1.98. The first-order chi connectivity index (χ1) is 11.9. The van der Waals surface area contributed by atoms with Gasteiger partial charge in [0.2, 0.25) is 0 Å². The summed E-state index contributed by atoms with van der Waals surface area (Å²) in [7, 11) is 0. The number of hydrogen-bond acceptors (Lipinski definition) is 2. The first-order valence-corrected chi connectivity index (χ1v) is 7.66. The molecule has 146 valence electrons. The lowest BCUT2D eigenvalue weighted by molar-refractivity contribution is -0.367. The molecule has 0 radical (unpaired) electrons. The molecule has 0 N–H and O–H groups in total. The number of rotatable bonds is 4. The average Bonchev–Trinajstić information content (AvgIpc) is 2.56. The average molecular weight is 390 g/mol. The van der Waals surface area contributed by atoms with Crippen LogP contribution in [0.2, 0.25) is 0 Å². The van der Waals surface area contributed by atoms with Gasteiger partial charge in [-0.15, -0.1) is 0 Å². The van der Waals surface area contributed by atoms with Crippen molar-refractivity contribution in [3.63, 3.8) is 0 Å². The maximum Gasteiger partial charge on any atom is 0.459 e. The minimum atomic E-state index is -6.37. The molecule has 1 fully saturated rings. The van der Waals surface area contributed by atoms with Crippen LogP contribution in [0.3, 0.4) is 0 Å². The van der Waals surface area contributed by atoms with E-state index in [4.69, 9.17) is 4.74 Å². The van der Waals surface area contributed by atoms with Gasteiger partial charge in [0.05, 0.1) is 5.92 Å². The third kappa shape index (κ3) is 3.93. The maximum atomic E-state index is 13.7. The van der Waals surface area contributed by atoms with Gasteiger partial charge in [-0.2, -0.15) is 30.7 Å². The van der Waals surface area contributed by atoms with Crippen molar-refractivity contribution in [1.82, 2.24) is 0 Å². The van der Waals surface area contributed by atoms with E-state index in [0.717, 1.165) is 24.3 Å². The van der Waals surface area contributed by atoms with Gasteiger partial charge in [-0.1, -0.05) is 0 Å². The van der Waals surface area contributed by atoms with Crippen molar-refractivity contribution >= 4 is 5.97 Å². The highest BCUT2D eigenvalue weighted by molar-refractivity contribution is 5.75. The van der Waals surface area contributed by atoms with Crippen molar-refractivity contribution in [3.05, 3.63) is 30.1 Å². The third-order valence-electron chi connectivity index (χ3n) is 4.38. The lowest BCUT2D eigenvalue weighted by atomic mass is 9.77. The second kappa shape index (κ2) is 7.03. The van der Waals surface area contributed by atoms with E-state index >= 15 is 0 Å². The highest BCUT2D eigenvalue weighted by atomic mass is 19.4. The van der Waals surface area contributed by atoms with E-state index < -0.39 is 54.5 Å². The predicted octanol–water partition coefficient (Wildman–Crippen LogP) is 5.37. The molecule has 0 saturated heterocycles. The van der Waals surface area contributed by atoms with Gasteiger partial charge in [-0.25, -0.2) is 4.39 Å². The maximum absolute atomic E-state index is 13.7. The Kier molecular flexibility index (Phi) is 5.53. The minimum Gasteiger partial charge on any atom is -0.426 e. The first kappa shape index (κ1) is 20.4. The molecule has 2 rings (SSSR count). The van der Waals surface area contributed by atoms with E-state index in [0.29, 0.717) is 0 Å². The Morgan fingerprint density at radius 1 is 0.885 bits per heavy atom. The van der Waals surface area contributed by atoms with E-state index in [1.54, 1.807) is 0 Å². The van der Waals surface area contributed by atoms with Gasteiger partial charge in [0.1, 0.15) is 11.6 Å². The van der Waals surface area contributed by atoms with Crippen molar-refractivity contribution in [2.75, 3.05) is 0 Å². The molecule has 0 heterocycles. The number of hydrogen-bond donors (Lipinski definition) is 0. The van der Waals surface area contributed by atoms with Crippen molar-refractivity contribution in [1.29, 1.82) is 0 Å². The monoisotopic (exact) mass is 390 g/mol. The normalized spacial score (nSPS) is 22.2. The molecule has 10 heteroatoms. The van der Waals surface area contributed by atoms with Crippen LogP contribution >= 0.6 is 0 Å². The zero-order valence-corrected chi connectivity index (χ0v) is 13.1. The fourth-order valence-corrected chi connectivity index (χ4v) is 2.84. The van der Waals surface area contributed by atoms with Crippen LogP contribution in [0.15, 0.2) is 24.3 Å². The van der Waals surface area contributed by atoms with E-state index in [2.05, 4.69) is 0 Å². The second-order valence-electron chi connectivity index (χ2n) is 6.12. The summed E-state index contributed by atoms with van der Waals surface area (Å²) in [5, 5.41) is 0. The summed E-state index contributed by atoms with van der Waals surface area (Å²) < 4.78 is 108. The third-order valence-corrected chi connectivity index (χ3v) is 4.38. The molecule has 0 bridgehead atoms. The molecule has 1 aliphatic rings. The summed E-state index contributed by atoms with van der Waals surface area (Å²) >= 11 is 0. The molecular formula is C16H14F8O2. The lowest BCUT2D eigenvalue weighted by Crippen LogP contribution is -2.56. The highest BCUT2D eigenvalue weighted by Crippen LogP contribution is 2.53. The molecule has 0 atom stereocenters. The number of ether oxygens (including phenoxy) is 1. The molecule has 0 aromatic heterocycles. The smallest absolute Gasteiger partial charge is 0.426 e. The summed E-state index contributed by atoms with van der Waals surface area (Å²) in [5.41, 5.74) is 0. The molecular weight excluding hydrogens is 376 g/mol. The van der Waals surface area contributed by atoms with E-state index in [1.165, 1.54) is 0 Å². The van der Waals surface area contributed by atoms with Crippen LogP contribution in [0.25, 0.3) is 0 Å². The van der Waals surface area contributed by atoms with Gasteiger partial charge in [-0.05, 0) is 49.9 Å². The van der Waals surface area contributed by atoms with E-state index in [9.17, 15) is 39.9 Å². The van der Waals surface area contributed by atoms with Crippen LogP contribution in [-0.4, -0.2) is 24.0 Å². The number of esters is 1. The quantitative estimate of drug-likeness (QED) is 0.393. The van der Waals surface area contributed by atoms with Gasteiger partial charge >= 0.3 is 24.0 Å². The van der Waals surface area contributed by atoms with Gasteiger partial charge < -0.3 is 4.74 Å². The van der Waals surface area contributed by atoms with Crippen LogP contribution in [-0.2, 0) is 4.79 Å². The molecule has 0 spiro atoms. The molecule has 0 unspecified atom stereocenters. The van der Waals surface area contributed by atoms with E-state index in [-0.39, 0.29) is 18.6 Å². The molecule has 1 aliphatic carbocycles. The van der Waals surface area contributed by atoms with Crippen molar-refractivity contribution in [2.45, 2.75) is 43.7 Å². The zero-order valence-electron chi connectivity index (χ0n) is 13.1. The van der Waals surface area contributed by atoms with Crippen molar-refractivity contribution in [2.24, 2.45) is 11.8 Å². The summed E-state index contributed by atoms with van der Waals surface area (Å²) in [6.45, 7) is 0. The number of halogens is 8. The largest absolute Gasteiger partial charge is 0.459 e. The van der Waals surface area contributed by atoms with Crippen LogP contribution in [0.1, 0.15) is 25.7 Å². The number of carbonyl (C=O) groups is 1. The molecule has 26 heavy (non-hydrogen) atoms. The molecule has 0 amide bonds. The summed E-state index contributed by atoms with van der Waals surface area (Å²) in [4.78, 5) is 11.9. The van der Waals surface area contributed by atoms with Crippen molar-refractivity contribution < 1.29 is 44.7 Å². The van der Waals surface area contributed by atoms with Crippen LogP contribution < -0.4 is 4.74 Å². The zero-order chi connectivity index (χ0) is 19.8. The Hall–Kier alpha value is -1.87. The number of carbonyl (C=O) groups excluding carboxylic acids is 1. The fraction of sp³-hybridized carbons (Fsp3) is 0.562. The summed E-state index contributed by atoms with van der Waals surface area (Å²) in [6, 6.07) is 4.38. The van der Waals surface area contributed by atoms with Crippen LogP contribution in [0, 0.1) is 17.7 Å². The van der Waals surface area contributed by atoms with Gasteiger partial charge in [0.15, 0.2) is 0 Å². The standard InChI is InChI=1S/C16H14F8O2/c17-11-5-7-12(8-6-11)26-13(25)9-1-3-10(4-2-9)14(18,19)15(20,21)16(22,23)24/h5-10H,1-4H2. The second-order valence-corrected chi connectivity index (χ2v) is 6.12.